The third kappa shape index (κ3) is 7.25. The second-order valence-electron chi connectivity index (χ2n) is 5.38. The molecule has 3 amide bonds. The molecule has 0 saturated carbocycles. The van der Waals surface area contributed by atoms with Crippen LogP contribution in [0.4, 0.5) is 4.79 Å². The van der Waals surface area contributed by atoms with Gasteiger partial charge in [0, 0.05) is 6.54 Å². The average Bonchev–Trinajstić information content (AvgIpc) is 2.80. The van der Waals surface area contributed by atoms with Gasteiger partial charge < -0.3 is 10.2 Å². The zero-order valence-corrected chi connectivity index (χ0v) is 13.2. The van der Waals surface area contributed by atoms with Crippen molar-refractivity contribution in [2.75, 3.05) is 20.1 Å². The van der Waals surface area contributed by atoms with E-state index in [4.69, 9.17) is 0 Å². The third-order valence-electron chi connectivity index (χ3n) is 2.78. The normalized spacial score (nSPS) is 12.2. The molecule has 0 aliphatic heterocycles. The number of quaternary nitrogens is 1. The highest BCUT2D eigenvalue weighted by Gasteiger charge is 2.13. The van der Waals surface area contributed by atoms with Crippen LogP contribution >= 0.6 is 11.3 Å². The van der Waals surface area contributed by atoms with Crippen molar-refractivity contribution in [1.29, 1.82) is 0 Å². The minimum absolute atomic E-state index is 0.249. The first-order chi connectivity index (χ1) is 9.47. The second-order valence-corrected chi connectivity index (χ2v) is 6.41. The van der Waals surface area contributed by atoms with E-state index in [9.17, 15) is 9.59 Å². The maximum absolute atomic E-state index is 11.7. The molecule has 0 aliphatic rings. The Morgan fingerprint density at radius 1 is 1.40 bits per heavy atom. The molecule has 112 valence electrons. The van der Waals surface area contributed by atoms with E-state index < -0.39 is 6.03 Å². The molecule has 1 aromatic heterocycles. The smallest absolute Gasteiger partial charge is 0.321 e. The van der Waals surface area contributed by atoms with E-state index in [2.05, 4.69) is 24.5 Å². The largest absolute Gasteiger partial charge is 0.338 e. The van der Waals surface area contributed by atoms with Gasteiger partial charge in [0.05, 0.1) is 11.9 Å². The Balaban J connectivity index is 2.20. The molecule has 0 aliphatic carbocycles. The summed E-state index contributed by atoms with van der Waals surface area (Å²) in [6, 6.07) is 3.64. The van der Waals surface area contributed by atoms with Gasteiger partial charge in [-0.2, -0.15) is 0 Å². The number of rotatable bonds is 7. The van der Waals surface area contributed by atoms with E-state index in [-0.39, 0.29) is 12.5 Å². The van der Waals surface area contributed by atoms with Crippen molar-refractivity contribution in [1.82, 2.24) is 10.6 Å². The fraction of sp³-hybridized carbons (Fsp3) is 0.571. The minimum atomic E-state index is -0.403. The Morgan fingerprint density at radius 2 is 2.15 bits per heavy atom. The van der Waals surface area contributed by atoms with Crippen LogP contribution in [0.1, 0.15) is 25.1 Å². The maximum Gasteiger partial charge on any atom is 0.321 e. The molecule has 6 heteroatoms. The van der Waals surface area contributed by atoms with Gasteiger partial charge in [0.2, 0.25) is 0 Å². The quantitative estimate of drug-likeness (QED) is 0.691. The van der Waals surface area contributed by atoms with Gasteiger partial charge in [-0.15, -0.1) is 11.3 Å². The van der Waals surface area contributed by atoms with Crippen molar-refractivity contribution in [3.8, 4) is 0 Å². The molecular weight excluding hydrogens is 274 g/mol. The van der Waals surface area contributed by atoms with Crippen LogP contribution in [0.2, 0.25) is 0 Å². The van der Waals surface area contributed by atoms with Gasteiger partial charge in [0.15, 0.2) is 6.54 Å². The zero-order chi connectivity index (χ0) is 15.0. The molecule has 3 N–H and O–H groups in total. The third-order valence-corrected chi connectivity index (χ3v) is 3.66. The topological polar surface area (TPSA) is 62.6 Å². The first kappa shape index (κ1) is 16.7. The Bertz CT molecular complexity index is 418. The summed E-state index contributed by atoms with van der Waals surface area (Å²) < 4.78 is 0. The van der Waals surface area contributed by atoms with Crippen molar-refractivity contribution >= 4 is 23.3 Å². The molecule has 1 rings (SSSR count). The summed E-state index contributed by atoms with van der Waals surface area (Å²) in [5.41, 5.74) is 0. The summed E-state index contributed by atoms with van der Waals surface area (Å²) in [6.07, 6.45) is 0.908. The lowest BCUT2D eigenvalue weighted by Gasteiger charge is -2.13. The molecular formula is C14H24N3O2S+. The van der Waals surface area contributed by atoms with E-state index in [0.717, 1.165) is 17.9 Å². The molecule has 1 unspecified atom stereocenters. The summed E-state index contributed by atoms with van der Waals surface area (Å²) in [7, 11) is 1.94. The van der Waals surface area contributed by atoms with Gasteiger partial charge >= 0.3 is 6.03 Å². The van der Waals surface area contributed by atoms with Gasteiger partial charge in [0.1, 0.15) is 6.54 Å². The SMILES string of the molecule is CC(C)CCNC(=O)NC(=O)C[NH+](C)Cc1cccs1. The van der Waals surface area contributed by atoms with Crippen LogP contribution in [-0.2, 0) is 11.3 Å². The molecule has 0 aromatic carbocycles. The Kier molecular flexibility index (Phi) is 7.25. The van der Waals surface area contributed by atoms with Crippen LogP contribution in [0.15, 0.2) is 17.5 Å². The lowest BCUT2D eigenvalue weighted by atomic mass is 10.1. The Morgan fingerprint density at radius 3 is 2.75 bits per heavy atom. The average molecular weight is 298 g/mol. The van der Waals surface area contributed by atoms with E-state index in [1.165, 1.54) is 4.88 Å². The van der Waals surface area contributed by atoms with Gasteiger partial charge in [0.25, 0.3) is 5.91 Å². The van der Waals surface area contributed by atoms with Crippen molar-refractivity contribution in [2.24, 2.45) is 5.92 Å². The Hall–Kier alpha value is -1.40. The summed E-state index contributed by atoms with van der Waals surface area (Å²) in [5, 5.41) is 7.06. The number of nitrogens with one attached hydrogen (secondary N) is 3. The van der Waals surface area contributed by atoms with Crippen LogP contribution < -0.4 is 15.5 Å². The van der Waals surface area contributed by atoms with Crippen LogP contribution in [0.5, 0.6) is 0 Å². The van der Waals surface area contributed by atoms with Crippen LogP contribution in [-0.4, -0.2) is 32.1 Å². The van der Waals surface area contributed by atoms with Crippen molar-refractivity contribution < 1.29 is 14.5 Å². The van der Waals surface area contributed by atoms with Crippen molar-refractivity contribution in [2.45, 2.75) is 26.8 Å². The number of thiophene rings is 1. The van der Waals surface area contributed by atoms with Gasteiger partial charge in [-0.25, -0.2) is 4.79 Å². The van der Waals surface area contributed by atoms with Gasteiger partial charge in [-0.05, 0) is 23.8 Å². The van der Waals surface area contributed by atoms with Crippen molar-refractivity contribution in [3.05, 3.63) is 22.4 Å². The molecule has 0 spiro atoms. The lowest BCUT2D eigenvalue weighted by molar-refractivity contribution is -0.885. The molecule has 0 saturated heterocycles. The van der Waals surface area contributed by atoms with E-state index >= 15 is 0 Å². The summed E-state index contributed by atoms with van der Waals surface area (Å²) in [5.74, 6) is 0.286. The van der Waals surface area contributed by atoms with Crippen LogP contribution in [0.3, 0.4) is 0 Å². The number of imide groups is 1. The predicted octanol–water partition coefficient (Wildman–Crippen LogP) is 0.635. The number of carbonyl (C=O) groups is 2. The standard InChI is InChI=1S/C14H23N3O2S/c1-11(2)6-7-15-14(19)16-13(18)10-17(3)9-12-5-4-8-20-12/h4-5,8,11H,6-7,9-10H2,1-3H3,(H2,15,16,18,19)/p+1. The number of likely N-dealkylation sites (N-methyl/N-ethyl adjacent to an activating group) is 1. The van der Waals surface area contributed by atoms with Gasteiger partial charge in [-0.3, -0.25) is 10.1 Å². The molecule has 1 atom stereocenters. The van der Waals surface area contributed by atoms with E-state index in [1.807, 2.05) is 24.6 Å². The van der Waals surface area contributed by atoms with E-state index in [0.29, 0.717) is 12.5 Å². The molecule has 0 fully saturated rings. The molecule has 1 heterocycles. The summed E-state index contributed by atoms with van der Waals surface area (Å²) in [4.78, 5) is 25.5. The predicted molar refractivity (Wildman–Crippen MR) is 80.8 cm³/mol. The first-order valence-electron chi connectivity index (χ1n) is 6.88. The highest BCUT2D eigenvalue weighted by molar-refractivity contribution is 7.09. The number of carbonyl (C=O) groups excluding carboxylic acids is 2. The molecule has 0 bridgehead atoms. The summed E-state index contributed by atoms with van der Waals surface area (Å²) in [6.45, 7) is 5.85. The monoisotopic (exact) mass is 298 g/mol. The fourth-order valence-electron chi connectivity index (χ4n) is 1.74. The number of hydrogen-bond donors (Lipinski definition) is 3. The minimum Gasteiger partial charge on any atom is -0.338 e. The maximum atomic E-state index is 11.7. The second kappa shape index (κ2) is 8.71. The van der Waals surface area contributed by atoms with E-state index in [1.54, 1.807) is 11.3 Å². The highest BCUT2D eigenvalue weighted by atomic mass is 32.1. The van der Waals surface area contributed by atoms with Gasteiger partial charge in [-0.1, -0.05) is 19.9 Å². The number of hydrogen-bond acceptors (Lipinski definition) is 3. The van der Waals surface area contributed by atoms with Crippen LogP contribution in [0.25, 0.3) is 0 Å². The molecule has 20 heavy (non-hydrogen) atoms. The molecule has 0 radical (unpaired) electrons. The highest BCUT2D eigenvalue weighted by Crippen LogP contribution is 2.05. The summed E-state index contributed by atoms with van der Waals surface area (Å²) >= 11 is 1.67. The lowest BCUT2D eigenvalue weighted by Crippen LogP contribution is -3.08. The fourth-order valence-corrected chi connectivity index (χ4v) is 2.56. The molecule has 5 nitrogen and oxygen atoms in total. The number of urea groups is 1. The zero-order valence-electron chi connectivity index (χ0n) is 12.4. The number of amides is 3. The first-order valence-corrected chi connectivity index (χ1v) is 7.76. The van der Waals surface area contributed by atoms with Crippen LogP contribution in [0, 0.1) is 5.92 Å². The molecule has 1 aromatic rings. The van der Waals surface area contributed by atoms with Crippen molar-refractivity contribution in [3.63, 3.8) is 0 Å². The Labute approximate surface area is 124 Å².